The van der Waals surface area contributed by atoms with Gasteiger partial charge in [-0.25, -0.2) is 0 Å². The maximum absolute atomic E-state index is 12.8. The Morgan fingerprint density at radius 1 is 1.18 bits per heavy atom. The van der Waals surface area contributed by atoms with Crippen LogP contribution in [0.3, 0.4) is 0 Å². The molecule has 2 aromatic rings. The molecule has 0 bridgehead atoms. The quantitative estimate of drug-likeness (QED) is 0.588. The number of rotatable bonds is 10. The molecule has 0 radical (unpaired) electrons. The van der Waals surface area contributed by atoms with Crippen molar-refractivity contribution in [2.45, 2.75) is 46.2 Å². The molecule has 1 aliphatic carbocycles. The fourth-order valence-electron chi connectivity index (χ4n) is 2.95. The monoisotopic (exact) mass is 406 g/mol. The van der Waals surface area contributed by atoms with Crippen LogP contribution in [0.1, 0.15) is 55.8 Å². The lowest BCUT2D eigenvalue weighted by Gasteiger charge is -2.17. The summed E-state index contributed by atoms with van der Waals surface area (Å²) >= 11 is 5.28. The van der Waals surface area contributed by atoms with E-state index in [1.807, 2.05) is 25.3 Å². The highest BCUT2D eigenvalue weighted by Crippen LogP contribution is 2.39. The number of benzene rings is 1. The van der Waals surface area contributed by atoms with E-state index >= 15 is 0 Å². The van der Waals surface area contributed by atoms with E-state index in [0.29, 0.717) is 53.4 Å². The Morgan fingerprint density at radius 3 is 2.32 bits per heavy atom. The first kappa shape index (κ1) is 20.2. The Hall–Kier alpha value is -2.55. The third kappa shape index (κ3) is 4.46. The normalized spacial score (nSPS) is 13.2. The zero-order chi connectivity index (χ0) is 20.1. The number of hydrogen-bond donors (Lipinski definition) is 2. The van der Waals surface area contributed by atoms with Gasteiger partial charge in [0.15, 0.2) is 22.1 Å². The second-order valence-corrected chi connectivity index (χ2v) is 6.72. The summed E-state index contributed by atoms with van der Waals surface area (Å²) in [4.78, 5) is 12.8. The third-order valence-electron chi connectivity index (χ3n) is 4.27. The Morgan fingerprint density at radius 2 is 1.79 bits per heavy atom. The second kappa shape index (κ2) is 9.09. The molecule has 1 aromatic heterocycles. The Balaban J connectivity index is 1.81. The van der Waals surface area contributed by atoms with Crippen molar-refractivity contribution in [3.63, 3.8) is 0 Å². The van der Waals surface area contributed by atoms with E-state index in [2.05, 4.69) is 15.5 Å². The minimum atomic E-state index is -0.249. The highest BCUT2D eigenvalue weighted by atomic mass is 32.1. The van der Waals surface area contributed by atoms with Crippen molar-refractivity contribution in [1.29, 1.82) is 0 Å². The van der Waals surface area contributed by atoms with E-state index in [4.69, 9.17) is 26.4 Å². The number of amides is 1. The van der Waals surface area contributed by atoms with Crippen LogP contribution in [-0.2, 0) is 6.54 Å². The van der Waals surface area contributed by atoms with Crippen molar-refractivity contribution in [3.05, 3.63) is 28.3 Å². The van der Waals surface area contributed by atoms with Gasteiger partial charge in [-0.05, 0) is 58.0 Å². The number of aromatic nitrogens is 3. The molecule has 0 atom stereocenters. The molecule has 28 heavy (non-hydrogen) atoms. The van der Waals surface area contributed by atoms with Gasteiger partial charge in [-0.2, -0.15) is 5.10 Å². The van der Waals surface area contributed by atoms with Crippen LogP contribution in [0, 0.1) is 4.77 Å². The van der Waals surface area contributed by atoms with Crippen molar-refractivity contribution in [2.24, 2.45) is 0 Å². The third-order valence-corrected chi connectivity index (χ3v) is 4.56. The molecular formula is C19H26N4O4S. The maximum Gasteiger partial charge on any atom is 0.251 e. The summed E-state index contributed by atoms with van der Waals surface area (Å²) in [6.45, 7) is 7.30. The van der Waals surface area contributed by atoms with E-state index in [1.54, 1.807) is 12.1 Å². The standard InChI is InChI=1S/C19H26N4O4S/c1-4-25-14-9-12(10-15(26-5-2)17(14)27-6-3)18(24)20-11-16-21-22-19(28)23(16)13-7-8-13/h9-10,13H,4-8,11H2,1-3H3,(H,20,24)(H,22,28). The van der Waals surface area contributed by atoms with Gasteiger partial charge in [0.2, 0.25) is 5.75 Å². The maximum atomic E-state index is 12.8. The number of ether oxygens (including phenoxy) is 3. The number of H-pyrrole nitrogens is 1. The fraction of sp³-hybridized carbons (Fsp3) is 0.526. The van der Waals surface area contributed by atoms with Gasteiger partial charge in [-0.1, -0.05) is 0 Å². The van der Waals surface area contributed by atoms with E-state index in [9.17, 15) is 4.79 Å². The summed E-state index contributed by atoms with van der Waals surface area (Å²) in [6.07, 6.45) is 2.17. The molecule has 2 N–H and O–H groups in total. The Bertz CT molecular complexity index is 861. The van der Waals surface area contributed by atoms with Gasteiger partial charge < -0.3 is 19.5 Å². The van der Waals surface area contributed by atoms with Crippen LogP contribution in [0.25, 0.3) is 0 Å². The lowest BCUT2D eigenvalue weighted by atomic mass is 10.1. The number of nitrogens with one attached hydrogen (secondary N) is 2. The number of carbonyl (C=O) groups excluding carboxylic acids is 1. The van der Waals surface area contributed by atoms with Gasteiger partial charge in [0.25, 0.3) is 5.91 Å². The average Bonchev–Trinajstić information content (AvgIpc) is 3.45. The van der Waals surface area contributed by atoms with Crippen LogP contribution in [0.15, 0.2) is 12.1 Å². The molecule has 0 aliphatic heterocycles. The van der Waals surface area contributed by atoms with Crippen LogP contribution in [-0.4, -0.2) is 40.5 Å². The van der Waals surface area contributed by atoms with E-state index < -0.39 is 0 Å². The summed E-state index contributed by atoms with van der Waals surface area (Å²) in [6, 6.07) is 3.73. The van der Waals surface area contributed by atoms with Crippen LogP contribution in [0.4, 0.5) is 0 Å². The molecule has 8 nitrogen and oxygen atoms in total. The first-order valence-electron chi connectivity index (χ1n) is 9.59. The van der Waals surface area contributed by atoms with Gasteiger partial charge >= 0.3 is 0 Å². The smallest absolute Gasteiger partial charge is 0.251 e. The molecule has 1 heterocycles. The molecule has 3 rings (SSSR count). The molecular weight excluding hydrogens is 380 g/mol. The lowest BCUT2D eigenvalue weighted by molar-refractivity contribution is 0.0948. The molecule has 152 valence electrons. The SMILES string of the molecule is CCOc1cc(C(=O)NCc2n[nH]c(=S)n2C2CC2)cc(OCC)c1OCC. The molecule has 0 unspecified atom stereocenters. The zero-order valence-corrected chi connectivity index (χ0v) is 17.2. The van der Waals surface area contributed by atoms with Crippen LogP contribution in [0.2, 0.25) is 0 Å². The summed E-state index contributed by atoms with van der Waals surface area (Å²) in [5, 5.41) is 9.94. The predicted octanol–water partition coefficient (Wildman–Crippen LogP) is 3.40. The van der Waals surface area contributed by atoms with Gasteiger partial charge in [0.05, 0.1) is 26.4 Å². The highest BCUT2D eigenvalue weighted by Gasteiger charge is 2.27. The lowest BCUT2D eigenvalue weighted by Crippen LogP contribution is -2.25. The molecule has 1 saturated carbocycles. The fourth-order valence-corrected chi connectivity index (χ4v) is 3.25. The van der Waals surface area contributed by atoms with Gasteiger partial charge in [0.1, 0.15) is 0 Å². The predicted molar refractivity (Wildman–Crippen MR) is 107 cm³/mol. The minimum Gasteiger partial charge on any atom is -0.490 e. The van der Waals surface area contributed by atoms with E-state index in [0.717, 1.165) is 18.7 Å². The highest BCUT2D eigenvalue weighted by molar-refractivity contribution is 7.71. The van der Waals surface area contributed by atoms with Crippen LogP contribution >= 0.6 is 12.2 Å². The van der Waals surface area contributed by atoms with Crippen molar-refractivity contribution in [3.8, 4) is 17.2 Å². The van der Waals surface area contributed by atoms with Gasteiger partial charge in [-0.3, -0.25) is 14.5 Å². The van der Waals surface area contributed by atoms with Gasteiger partial charge in [0, 0.05) is 11.6 Å². The minimum absolute atomic E-state index is 0.249. The van der Waals surface area contributed by atoms with Gasteiger partial charge in [-0.15, -0.1) is 0 Å². The average molecular weight is 407 g/mol. The molecule has 1 aliphatic rings. The van der Waals surface area contributed by atoms with Crippen molar-refractivity contribution >= 4 is 18.1 Å². The second-order valence-electron chi connectivity index (χ2n) is 6.33. The molecule has 1 aromatic carbocycles. The topological polar surface area (TPSA) is 90.4 Å². The van der Waals surface area contributed by atoms with E-state index in [1.165, 1.54) is 0 Å². The Labute approximate surface area is 169 Å². The largest absolute Gasteiger partial charge is 0.490 e. The van der Waals surface area contributed by atoms with Crippen molar-refractivity contribution in [2.75, 3.05) is 19.8 Å². The van der Waals surface area contributed by atoms with E-state index in [-0.39, 0.29) is 12.5 Å². The first-order chi connectivity index (χ1) is 13.6. The summed E-state index contributed by atoms with van der Waals surface area (Å²) in [7, 11) is 0. The Kier molecular flexibility index (Phi) is 6.56. The van der Waals surface area contributed by atoms with Crippen molar-refractivity contribution in [1.82, 2.24) is 20.1 Å². The summed E-state index contributed by atoms with van der Waals surface area (Å²) < 4.78 is 19.6. The number of nitrogens with zero attached hydrogens (tertiary/aromatic N) is 2. The molecule has 1 amide bonds. The molecule has 9 heteroatoms. The van der Waals surface area contributed by atoms with Crippen LogP contribution < -0.4 is 19.5 Å². The number of carbonyl (C=O) groups is 1. The molecule has 1 fully saturated rings. The van der Waals surface area contributed by atoms with Crippen molar-refractivity contribution < 1.29 is 19.0 Å². The van der Waals surface area contributed by atoms with Crippen LogP contribution in [0.5, 0.6) is 17.2 Å². The first-order valence-corrected chi connectivity index (χ1v) is 10.00. The zero-order valence-electron chi connectivity index (χ0n) is 16.4. The summed E-state index contributed by atoms with van der Waals surface area (Å²) in [5.74, 6) is 1.96. The summed E-state index contributed by atoms with van der Waals surface area (Å²) in [5.41, 5.74) is 0.433. The number of hydrogen-bond acceptors (Lipinski definition) is 6. The molecule has 0 spiro atoms. The number of aromatic amines is 1. The molecule has 0 saturated heterocycles.